The number of imidazole rings is 1. The summed E-state index contributed by atoms with van der Waals surface area (Å²) in [5, 5.41) is 14.2. The summed E-state index contributed by atoms with van der Waals surface area (Å²) in [5.41, 5.74) is 4.05. The van der Waals surface area contributed by atoms with Crippen LogP contribution in [0.15, 0.2) is 24.3 Å². The molecule has 0 aliphatic carbocycles. The number of carboxylic acids is 2. The highest BCUT2D eigenvalue weighted by Gasteiger charge is 2.45. The van der Waals surface area contributed by atoms with E-state index in [4.69, 9.17) is 24.8 Å². The Bertz CT molecular complexity index is 1160. The van der Waals surface area contributed by atoms with Gasteiger partial charge in [-0.05, 0) is 71.4 Å². The number of likely N-dealkylation sites (tertiary alicyclic amines) is 1. The molecule has 1 aromatic carbocycles. The first-order valence-electron chi connectivity index (χ1n) is 12.6. The third-order valence-electron chi connectivity index (χ3n) is 6.85. The van der Waals surface area contributed by atoms with Crippen molar-refractivity contribution in [1.82, 2.24) is 19.4 Å². The van der Waals surface area contributed by atoms with E-state index in [0.29, 0.717) is 6.04 Å². The highest BCUT2D eigenvalue weighted by atomic mass is 19.4. The van der Waals surface area contributed by atoms with Gasteiger partial charge in [0.1, 0.15) is 11.6 Å². The van der Waals surface area contributed by atoms with E-state index in [9.17, 15) is 30.7 Å². The van der Waals surface area contributed by atoms with Crippen molar-refractivity contribution in [2.75, 3.05) is 26.7 Å². The molecule has 1 fully saturated rings. The van der Waals surface area contributed by atoms with Gasteiger partial charge < -0.3 is 19.7 Å². The highest BCUT2D eigenvalue weighted by molar-refractivity contribution is 5.73. The van der Waals surface area contributed by atoms with Crippen LogP contribution in [0.5, 0.6) is 0 Å². The van der Waals surface area contributed by atoms with E-state index in [1.54, 1.807) is 12.1 Å². The third kappa shape index (κ3) is 9.15. The van der Waals surface area contributed by atoms with Crippen LogP contribution in [0.2, 0.25) is 0 Å². The lowest BCUT2D eigenvalue weighted by Gasteiger charge is -2.46. The zero-order valence-electron chi connectivity index (χ0n) is 23.0. The number of hydrogen-bond acceptors (Lipinski definition) is 5. The molecule has 0 unspecified atom stereocenters. The second-order valence-electron chi connectivity index (χ2n) is 10.4. The van der Waals surface area contributed by atoms with Crippen molar-refractivity contribution in [3.63, 3.8) is 0 Å². The Labute approximate surface area is 232 Å². The van der Waals surface area contributed by atoms with Gasteiger partial charge in [0.2, 0.25) is 0 Å². The predicted octanol–water partition coefficient (Wildman–Crippen LogP) is 5.16. The Kier molecular flexibility index (Phi) is 10.9. The fourth-order valence-corrected chi connectivity index (χ4v) is 5.02. The van der Waals surface area contributed by atoms with Crippen LogP contribution in [0.1, 0.15) is 55.5 Å². The number of benzene rings is 1. The molecular formula is C26H33F7N4O4. The molecule has 1 aromatic heterocycles. The molecule has 41 heavy (non-hydrogen) atoms. The van der Waals surface area contributed by atoms with E-state index in [0.717, 1.165) is 51.4 Å². The molecule has 0 saturated carbocycles. The molecule has 230 valence electrons. The number of aliphatic carboxylic acids is 2. The summed E-state index contributed by atoms with van der Waals surface area (Å²) >= 11 is 0. The molecule has 2 aromatic rings. The molecule has 0 bridgehead atoms. The molecule has 2 aliphatic rings. The molecule has 2 N–H and O–H groups in total. The average Bonchev–Trinajstić information content (AvgIpc) is 3.19. The van der Waals surface area contributed by atoms with Crippen molar-refractivity contribution in [2.45, 2.75) is 70.5 Å². The molecule has 1 saturated heterocycles. The molecule has 0 atom stereocenters. The number of hydrogen-bond donors (Lipinski definition) is 2. The molecule has 8 nitrogen and oxygen atoms in total. The van der Waals surface area contributed by atoms with Gasteiger partial charge in [0.15, 0.2) is 0 Å². The number of aryl methyl sites for hydroxylation is 1. The van der Waals surface area contributed by atoms with Crippen LogP contribution in [0.25, 0.3) is 0 Å². The standard InChI is InChI=1S/C22H31FN4.2C2HF3O2/c1-16(2)27-17(3)24-21-20(27)14-26(13-18-5-7-19(23)8-6-18)15-22(21)9-11-25(4)12-10-22;2*3-2(4,5)1(6)7/h5-8,16H,9-15H2,1-4H3;2*(H,6,7). The van der Waals surface area contributed by atoms with Crippen molar-refractivity contribution in [3.8, 4) is 0 Å². The fourth-order valence-electron chi connectivity index (χ4n) is 5.02. The Morgan fingerprint density at radius 1 is 0.976 bits per heavy atom. The molecule has 0 amide bonds. The Morgan fingerprint density at radius 3 is 1.85 bits per heavy atom. The van der Waals surface area contributed by atoms with Crippen molar-refractivity contribution >= 4 is 11.9 Å². The van der Waals surface area contributed by atoms with Crippen molar-refractivity contribution in [2.24, 2.45) is 0 Å². The molecular weight excluding hydrogens is 565 g/mol. The van der Waals surface area contributed by atoms with E-state index in [-0.39, 0.29) is 11.2 Å². The highest BCUT2D eigenvalue weighted by Crippen LogP contribution is 2.42. The van der Waals surface area contributed by atoms with Gasteiger partial charge in [-0.25, -0.2) is 19.0 Å². The van der Waals surface area contributed by atoms with Crippen LogP contribution in [0, 0.1) is 12.7 Å². The molecule has 0 radical (unpaired) electrons. The number of aromatic nitrogens is 2. The van der Waals surface area contributed by atoms with Crippen LogP contribution >= 0.6 is 0 Å². The number of fused-ring (bicyclic) bond motifs is 2. The summed E-state index contributed by atoms with van der Waals surface area (Å²) in [6, 6.07) is 7.38. The molecule has 2 aliphatic heterocycles. The van der Waals surface area contributed by atoms with Crippen molar-refractivity contribution in [3.05, 3.63) is 52.9 Å². The number of alkyl halides is 6. The largest absolute Gasteiger partial charge is 0.490 e. The second-order valence-corrected chi connectivity index (χ2v) is 10.4. The van der Waals surface area contributed by atoms with Gasteiger partial charge in [-0.1, -0.05) is 12.1 Å². The summed E-state index contributed by atoms with van der Waals surface area (Å²) in [6.07, 6.45) is -7.85. The number of piperidine rings is 1. The Morgan fingerprint density at radius 2 is 1.44 bits per heavy atom. The quantitative estimate of drug-likeness (QED) is 0.472. The number of carboxylic acid groups (broad SMARTS) is 2. The topological polar surface area (TPSA) is 98.9 Å². The van der Waals surface area contributed by atoms with Crippen LogP contribution in [0.4, 0.5) is 30.7 Å². The molecule has 3 heterocycles. The van der Waals surface area contributed by atoms with E-state index >= 15 is 0 Å². The zero-order valence-corrected chi connectivity index (χ0v) is 23.0. The monoisotopic (exact) mass is 598 g/mol. The van der Waals surface area contributed by atoms with Crippen molar-refractivity contribution < 1.29 is 50.5 Å². The predicted molar refractivity (Wildman–Crippen MR) is 134 cm³/mol. The average molecular weight is 599 g/mol. The minimum absolute atomic E-state index is 0.144. The lowest BCUT2D eigenvalue weighted by atomic mass is 9.72. The van der Waals surface area contributed by atoms with Crippen LogP contribution in [0.3, 0.4) is 0 Å². The van der Waals surface area contributed by atoms with Crippen LogP contribution in [-0.4, -0.2) is 80.5 Å². The van der Waals surface area contributed by atoms with Crippen molar-refractivity contribution in [1.29, 1.82) is 0 Å². The van der Waals surface area contributed by atoms with Gasteiger partial charge >= 0.3 is 24.3 Å². The van der Waals surface area contributed by atoms with E-state index in [2.05, 4.69) is 42.2 Å². The maximum atomic E-state index is 13.3. The number of nitrogens with zero attached hydrogens (tertiary/aromatic N) is 4. The molecule has 4 rings (SSSR count). The van der Waals surface area contributed by atoms with E-state index in [1.807, 2.05) is 12.1 Å². The van der Waals surface area contributed by atoms with Gasteiger partial charge in [0, 0.05) is 31.1 Å². The second kappa shape index (κ2) is 13.2. The Hall–Kier alpha value is -3.20. The first-order chi connectivity index (χ1) is 18.8. The van der Waals surface area contributed by atoms with Gasteiger partial charge in [0.25, 0.3) is 0 Å². The molecule has 15 heteroatoms. The van der Waals surface area contributed by atoms with E-state index in [1.165, 1.54) is 17.0 Å². The van der Waals surface area contributed by atoms with Gasteiger partial charge in [-0.3, -0.25) is 4.90 Å². The first kappa shape index (κ1) is 34.0. The summed E-state index contributed by atoms with van der Waals surface area (Å²) in [6.45, 7) is 11.7. The van der Waals surface area contributed by atoms with Gasteiger partial charge in [-0.15, -0.1) is 0 Å². The minimum Gasteiger partial charge on any atom is -0.475 e. The van der Waals surface area contributed by atoms with E-state index < -0.39 is 24.3 Å². The summed E-state index contributed by atoms with van der Waals surface area (Å²) in [4.78, 5) is 27.9. The maximum absolute atomic E-state index is 13.3. The lowest BCUT2D eigenvalue weighted by molar-refractivity contribution is -0.193. The summed E-state index contributed by atoms with van der Waals surface area (Å²) in [5.74, 6) is -4.54. The van der Waals surface area contributed by atoms with Crippen LogP contribution < -0.4 is 0 Å². The summed E-state index contributed by atoms with van der Waals surface area (Å²) < 4.78 is 79.2. The SMILES string of the molecule is Cc1nc2c(n1C(C)C)CN(Cc1ccc(F)cc1)CC21CCN(C)CC1.O=C(O)C(F)(F)F.O=C(O)C(F)(F)F. The zero-order chi connectivity index (χ0) is 31.3. The van der Waals surface area contributed by atoms with Crippen LogP contribution in [-0.2, 0) is 28.1 Å². The third-order valence-corrected chi connectivity index (χ3v) is 6.85. The number of halogens is 7. The number of rotatable bonds is 3. The van der Waals surface area contributed by atoms with Gasteiger partial charge in [-0.2, -0.15) is 26.3 Å². The fraction of sp³-hybridized carbons (Fsp3) is 0.577. The Balaban J connectivity index is 0.000000349. The number of carbonyl (C=O) groups is 2. The minimum atomic E-state index is -5.08. The lowest BCUT2D eigenvalue weighted by Crippen LogP contribution is -2.51. The van der Waals surface area contributed by atoms with Gasteiger partial charge in [0.05, 0.1) is 11.4 Å². The molecule has 1 spiro atoms. The smallest absolute Gasteiger partial charge is 0.475 e. The normalized spacial score (nSPS) is 17.3. The maximum Gasteiger partial charge on any atom is 0.490 e. The summed E-state index contributed by atoms with van der Waals surface area (Å²) in [7, 11) is 2.21. The first-order valence-corrected chi connectivity index (χ1v) is 12.6.